The van der Waals surface area contributed by atoms with Crippen LogP contribution in [-0.2, 0) is 15.0 Å². The van der Waals surface area contributed by atoms with Gasteiger partial charge in [0.1, 0.15) is 23.7 Å². The Morgan fingerprint density at radius 1 is 1.30 bits per heavy atom. The zero-order valence-electron chi connectivity index (χ0n) is 15.3. The Morgan fingerprint density at radius 3 is 2.81 bits per heavy atom. The maximum absolute atomic E-state index is 14.7. The predicted octanol–water partition coefficient (Wildman–Crippen LogP) is 4.28. The lowest BCUT2D eigenvalue weighted by atomic mass is 9.72. The third kappa shape index (κ3) is 3.18. The second kappa shape index (κ2) is 7.06. The van der Waals surface area contributed by atoms with Crippen molar-refractivity contribution in [1.82, 2.24) is 0 Å². The first-order valence-corrected chi connectivity index (χ1v) is 9.18. The van der Waals surface area contributed by atoms with Crippen LogP contribution in [0.5, 0.6) is 0 Å². The molecular formula is C22H23FN2O2. The third-order valence-corrected chi connectivity index (χ3v) is 5.52. The Labute approximate surface area is 158 Å². The Hall–Kier alpha value is -2.82. The lowest BCUT2D eigenvalue weighted by Crippen LogP contribution is -2.35. The number of amidine groups is 1. The van der Waals surface area contributed by atoms with Crippen LogP contribution >= 0.6 is 0 Å². The molecule has 1 aliphatic heterocycles. The first-order chi connectivity index (χ1) is 13.1. The summed E-state index contributed by atoms with van der Waals surface area (Å²) in [5, 5.41) is 0. The molecule has 2 unspecified atom stereocenters. The molecule has 0 bridgehead atoms. The molecule has 4 nitrogen and oxygen atoms in total. The average molecular weight is 366 g/mol. The van der Waals surface area contributed by atoms with Crippen molar-refractivity contribution in [2.45, 2.75) is 24.8 Å². The fourth-order valence-corrected chi connectivity index (χ4v) is 4.08. The van der Waals surface area contributed by atoms with Crippen molar-refractivity contribution in [3.05, 3.63) is 82.9 Å². The van der Waals surface area contributed by atoms with E-state index in [4.69, 9.17) is 15.2 Å². The van der Waals surface area contributed by atoms with Crippen LogP contribution in [0.3, 0.4) is 0 Å². The Bertz CT molecular complexity index is 883. The molecule has 1 aromatic carbocycles. The summed E-state index contributed by atoms with van der Waals surface area (Å²) in [6.45, 7) is 0.356. The van der Waals surface area contributed by atoms with Gasteiger partial charge in [-0.05, 0) is 54.2 Å². The molecule has 0 radical (unpaired) electrons. The summed E-state index contributed by atoms with van der Waals surface area (Å²) < 4.78 is 25.6. The van der Waals surface area contributed by atoms with Gasteiger partial charge in [-0.15, -0.1) is 0 Å². The van der Waals surface area contributed by atoms with Crippen molar-refractivity contribution in [2.75, 3.05) is 13.7 Å². The quantitative estimate of drug-likeness (QED) is 0.865. The molecule has 3 aliphatic rings. The van der Waals surface area contributed by atoms with Crippen LogP contribution in [0.15, 0.2) is 82.4 Å². The molecular weight excluding hydrogens is 343 g/mol. The van der Waals surface area contributed by atoms with E-state index in [9.17, 15) is 4.39 Å². The van der Waals surface area contributed by atoms with Crippen LogP contribution in [0.1, 0.15) is 24.8 Å². The molecule has 0 aromatic heterocycles. The Kier molecular flexibility index (Phi) is 4.60. The molecule has 2 N–H and O–H groups in total. The first kappa shape index (κ1) is 17.6. The Balaban J connectivity index is 1.70. The van der Waals surface area contributed by atoms with Crippen LogP contribution in [0.4, 0.5) is 4.39 Å². The predicted molar refractivity (Wildman–Crippen MR) is 103 cm³/mol. The molecule has 5 heteroatoms. The van der Waals surface area contributed by atoms with Gasteiger partial charge in [-0.3, -0.25) is 0 Å². The van der Waals surface area contributed by atoms with Crippen LogP contribution < -0.4 is 5.73 Å². The molecule has 0 saturated heterocycles. The molecule has 2 atom stereocenters. The minimum Gasteiger partial charge on any atom is -0.497 e. The molecule has 0 fully saturated rings. The van der Waals surface area contributed by atoms with E-state index in [0.29, 0.717) is 13.0 Å². The van der Waals surface area contributed by atoms with Crippen molar-refractivity contribution in [3.8, 4) is 0 Å². The van der Waals surface area contributed by atoms with E-state index >= 15 is 0 Å². The molecule has 0 spiro atoms. The largest absolute Gasteiger partial charge is 0.497 e. The number of hydrogen-bond acceptors (Lipinski definition) is 4. The van der Waals surface area contributed by atoms with E-state index in [2.05, 4.69) is 4.99 Å². The van der Waals surface area contributed by atoms with Gasteiger partial charge in [0.15, 0.2) is 0 Å². The summed E-state index contributed by atoms with van der Waals surface area (Å²) in [5.41, 5.74) is 7.98. The summed E-state index contributed by atoms with van der Waals surface area (Å²) in [4.78, 5) is 4.67. The lowest BCUT2D eigenvalue weighted by molar-refractivity contribution is 0.210. The smallest absolute Gasteiger partial charge is 0.283 e. The van der Waals surface area contributed by atoms with E-state index in [0.717, 1.165) is 35.3 Å². The summed E-state index contributed by atoms with van der Waals surface area (Å²) in [5.74, 6) is 0.550. The fraction of sp³-hybridized carbons (Fsp3) is 0.318. The number of nitrogens with zero attached hydrogens (tertiary/aromatic N) is 1. The molecule has 1 heterocycles. The van der Waals surface area contributed by atoms with E-state index in [-0.39, 0.29) is 17.8 Å². The molecule has 27 heavy (non-hydrogen) atoms. The van der Waals surface area contributed by atoms with Gasteiger partial charge in [-0.2, -0.15) is 0 Å². The highest BCUT2D eigenvalue weighted by atomic mass is 19.1. The molecule has 0 saturated carbocycles. The van der Waals surface area contributed by atoms with Crippen molar-refractivity contribution < 1.29 is 13.9 Å². The monoisotopic (exact) mass is 366 g/mol. The van der Waals surface area contributed by atoms with Gasteiger partial charge in [-0.1, -0.05) is 36.4 Å². The zero-order chi connectivity index (χ0) is 18.9. The van der Waals surface area contributed by atoms with Crippen molar-refractivity contribution in [2.24, 2.45) is 16.6 Å². The second-order valence-electron chi connectivity index (χ2n) is 7.04. The fourth-order valence-electron chi connectivity index (χ4n) is 4.08. The zero-order valence-corrected chi connectivity index (χ0v) is 15.3. The minimum absolute atomic E-state index is 0.0479. The van der Waals surface area contributed by atoms with Crippen molar-refractivity contribution in [1.29, 1.82) is 0 Å². The highest BCUT2D eigenvalue weighted by Crippen LogP contribution is 2.45. The van der Waals surface area contributed by atoms with Gasteiger partial charge >= 0.3 is 0 Å². The molecule has 2 aliphatic carbocycles. The van der Waals surface area contributed by atoms with Crippen molar-refractivity contribution in [3.63, 3.8) is 0 Å². The Morgan fingerprint density at radius 2 is 2.11 bits per heavy atom. The van der Waals surface area contributed by atoms with Crippen LogP contribution in [-0.4, -0.2) is 19.7 Å². The standard InChI is InChI=1S/C22H23FN2O2/c1-26-18-9-5-6-15(12-18)19-13-17(10-11-20(19)23)22(14-27-21(24)25-22)16-7-3-2-4-8-16/h2-4,7-12,17H,5-6,13-14H2,1H3,(H2,24,25). The molecule has 4 rings (SSSR count). The summed E-state index contributed by atoms with van der Waals surface area (Å²) in [6.07, 6.45) is 9.61. The number of nitrogens with two attached hydrogens (primary N) is 1. The van der Waals surface area contributed by atoms with Gasteiger partial charge in [-0.25, -0.2) is 9.38 Å². The summed E-state index contributed by atoms with van der Waals surface area (Å²) >= 11 is 0. The SMILES string of the molecule is COC1=CCCC(C2=C(F)C=CC(C3(c4ccccc4)COC(N)=N3)C2)=C1. The first-order valence-electron chi connectivity index (χ1n) is 9.18. The second-order valence-corrected chi connectivity index (χ2v) is 7.04. The van der Waals surface area contributed by atoms with Gasteiger partial charge in [0.25, 0.3) is 6.02 Å². The normalized spacial score (nSPS) is 27.6. The van der Waals surface area contributed by atoms with Gasteiger partial charge in [0.2, 0.25) is 0 Å². The number of methoxy groups -OCH3 is 1. The van der Waals surface area contributed by atoms with E-state index in [1.165, 1.54) is 0 Å². The lowest BCUT2D eigenvalue weighted by Gasteiger charge is -2.35. The average Bonchev–Trinajstić information content (AvgIpc) is 3.12. The van der Waals surface area contributed by atoms with Gasteiger partial charge < -0.3 is 15.2 Å². The minimum atomic E-state index is -0.636. The highest BCUT2D eigenvalue weighted by molar-refractivity contribution is 5.74. The molecule has 1 aromatic rings. The number of halogens is 1. The van der Waals surface area contributed by atoms with Crippen LogP contribution in [0, 0.1) is 5.92 Å². The van der Waals surface area contributed by atoms with Crippen LogP contribution in [0.25, 0.3) is 0 Å². The van der Waals surface area contributed by atoms with E-state index < -0.39 is 5.54 Å². The van der Waals surface area contributed by atoms with Gasteiger partial charge in [0, 0.05) is 5.92 Å². The third-order valence-electron chi connectivity index (χ3n) is 5.52. The van der Waals surface area contributed by atoms with E-state index in [1.54, 1.807) is 13.2 Å². The van der Waals surface area contributed by atoms with Gasteiger partial charge in [0.05, 0.1) is 7.11 Å². The number of aliphatic imine (C=N–C) groups is 1. The molecule has 0 amide bonds. The number of hydrogen-bond donors (Lipinski definition) is 1. The topological polar surface area (TPSA) is 56.8 Å². The maximum Gasteiger partial charge on any atom is 0.283 e. The number of benzene rings is 1. The maximum atomic E-state index is 14.7. The summed E-state index contributed by atoms with van der Waals surface area (Å²) in [7, 11) is 1.64. The van der Waals surface area contributed by atoms with Crippen LogP contribution in [0.2, 0.25) is 0 Å². The number of rotatable bonds is 4. The van der Waals surface area contributed by atoms with E-state index in [1.807, 2.05) is 48.6 Å². The molecule has 140 valence electrons. The van der Waals surface area contributed by atoms with Crippen molar-refractivity contribution >= 4 is 6.02 Å². The number of allylic oxidation sites excluding steroid dienone is 6. The summed E-state index contributed by atoms with van der Waals surface area (Å²) in [6, 6.07) is 10.2. The number of ether oxygens (including phenoxy) is 2. The highest BCUT2D eigenvalue weighted by Gasteiger charge is 2.45.